The zero-order valence-corrected chi connectivity index (χ0v) is 19.2. The van der Waals surface area contributed by atoms with E-state index in [0.717, 1.165) is 29.5 Å². The lowest BCUT2D eigenvalue weighted by molar-refractivity contribution is 0.239. The molecular weight excluding hydrogens is 358 g/mol. The number of rotatable bonds is 5. The Morgan fingerprint density at radius 2 is 1.83 bits per heavy atom. The number of anilines is 1. The van der Waals surface area contributed by atoms with E-state index in [2.05, 4.69) is 82.6 Å². The Bertz CT molecular complexity index is 823. The number of piperidine rings is 1. The lowest BCUT2D eigenvalue weighted by Gasteiger charge is -2.44. The van der Waals surface area contributed by atoms with Gasteiger partial charge in [-0.2, -0.15) is 0 Å². The minimum absolute atomic E-state index is 0.159. The summed E-state index contributed by atoms with van der Waals surface area (Å²) in [6.45, 7) is 16.6. The Kier molecular flexibility index (Phi) is 6.50. The molecular formula is C25H37N3O. The first-order valence-electron chi connectivity index (χ1n) is 11.1. The van der Waals surface area contributed by atoms with Crippen molar-refractivity contribution >= 4 is 5.82 Å². The molecule has 1 aromatic carbocycles. The van der Waals surface area contributed by atoms with Crippen molar-refractivity contribution in [3.63, 3.8) is 0 Å². The van der Waals surface area contributed by atoms with Gasteiger partial charge in [0.15, 0.2) is 5.82 Å². The van der Waals surface area contributed by atoms with Gasteiger partial charge in [0.2, 0.25) is 0 Å². The van der Waals surface area contributed by atoms with Gasteiger partial charge < -0.3 is 9.64 Å². The normalized spacial score (nSPS) is 17.8. The molecule has 158 valence electrons. The molecule has 0 spiro atoms. The SMILES string of the molecule is CC(C)Oc1ccc(-c2nccc(N3CCCCC3C(C)(C)C)n2)cc1C(C)C. The quantitative estimate of drug-likeness (QED) is 0.582. The summed E-state index contributed by atoms with van der Waals surface area (Å²) in [5.41, 5.74) is 2.48. The van der Waals surface area contributed by atoms with Crippen LogP contribution in [0.2, 0.25) is 0 Å². The second kappa shape index (κ2) is 8.73. The van der Waals surface area contributed by atoms with Gasteiger partial charge in [-0.25, -0.2) is 9.97 Å². The zero-order chi connectivity index (χ0) is 21.2. The van der Waals surface area contributed by atoms with Crippen LogP contribution in [0.5, 0.6) is 5.75 Å². The van der Waals surface area contributed by atoms with Crippen LogP contribution >= 0.6 is 0 Å². The molecule has 2 aromatic rings. The fraction of sp³-hybridized carbons (Fsp3) is 0.600. The monoisotopic (exact) mass is 395 g/mol. The number of hydrogen-bond acceptors (Lipinski definition) is 4. The lowest BCUT2D eigenvalue weighted by Crippen LogP contribution is -2.47. The predicted molar refractivity (Wildman–Crippen MR) is 122 cm³/mol. The number of aromatic nitrogens is 2. The minimum Gasteiger partial charge on any atom is -0.491 e. The molecule has 0 saturated carbocycles. The molecule has 0 bridgehead atoms. The molecule has 0 radical (unpaired) electrons. The van der Waals surface area contributed by atoms with Crippen molar-refractivity contribution in [3.8, 4) is 17.1 Å². The van der Waals surface area contributed by atoms with Crippen molar-refractivity contribution in [2.24, 2.45) is 5.41 Å². The van der Waals surface area contributed by atoms with E-state index in [9.17, 15) is 0 Å². The first-order chi connectivity index (χ1) is 13.7. The Labute approximate surface area is 176 Å². The molecule has 1 unspecified atom stereocenters. The average Bonchev–Trinajstić information content (AvgIpc) is 2.67. The molecule has 2 heterocycles. The Morgan fingerprint density at radius 3 is 2.48 bits per heavy atom. The second-order valence-electron chi connectivity index (χ2n) is 9.88. The van der Waals surface area contributed by atoms with Gasteiger partial charge in [0.1, 0.15) is 11.6 Å². The third-order valence-electron chi connectivity index (χ3n) is 5.69. The number of hydrogen-bond donors (Lipinski definition) is 0. The van der Waals surface area contributed by atoms with Gasteiger partial charge in [-0.05, 0) is 74.3 Å². The fourth-order valence-electron chi connectivity index (χ4n) is 4.25. The van der Waals surface area contributed by atoms with E-state index in [4.69, 9.17) is 9.72 Å². The second-order valence-corrected chi connectivity index (χ2v) is 9.88. The predicted octanol–water partition coefficient (Wildman–Crippen LogP) is 6.46. The Morgan fingerprint density at radius 1 is 1.07 bits per heavy atom. The topological polar surface area (TPSA) is 38.2 Å². The van der Waals surface area contributed by atoms with Crippen molar-refractivity contribution < 1.29 is 4.74 Å². The van der Waals surface area contributed by atoms with Crippen LogP contribution < -0.4 is 9.64 Å². The number of benzene rings is 1. The first-order valence-corrected chi connectivity index (χ1v) is 11.1. The van der Waals surface area contributed by atoms with E-state index in [0.29, 0.717) is 12.0 Å². The standard InChI is InChI=1S/C25H37N3O/c1-17(2)20-16-19(11-12-21(20)29-18(3)4)24-26-14-13-23(27-24)28-15-9-8-10-22(28)25(5,6)7/h11-14,16-18,22H,8-10,15H2,1-7H3. The number of ether oxygens (including phenoxy) is 1. The molecule has 1 aliphatic heterocycles. The molecule has 29 heavy (non-hydrogen) atoms. The maximum atomic E-state index is 6.02. The highest BCUT2D eigenvalue weighted by molar-refractivity contribution is 5.61. The summed E-state index contributed by atoms with van der Waals surface area (Å²) in [6.07, 6.45) is 5.81. The van der Waals surface area contributed by atoms with Gasteiger partial charge in [0.05, 0.1) is 6.10 Å². The van der Waals surface area contributed by atoms with Crippen LogP contribution in [0.1, 0.15) is 79.2 Å². The molecule has 4 nitrogen and oxygen atoms in total. The highest BCUT2D eigenvalue weighted by Gasteiger charge is 2.33. The molecule has 1 atom stereocenters. The van der Waals surface area contributed by atoms with Crippen LogP contribution in [-0.2, 0) is 0 Å². The summed E-state index contributed by atoms with van der Waals surface area (Å²) in [6, 6.07) is 8.92. The van der Waals surface area contributed by atoms with E-state index < -0.39 is 0 Å². The summed E-state index contributed by atoms with van der Waals surface area (Å²) < 4.78 is 6.02. The summed E-state index contributed by atoms with van der Waals surface area (Å²) in [7, 11) is 0. The molecule has 4 heteroatoms. The summed E-state index contributed by atoms with van der Waals surface area (Å²) in [5.74, 6) is 3.17. The summed E-state index contributed by atoms with van der Waals surface area (Å²) >= 11 is 0. The highest BCUT2D eigenvalue weighted by Crippen LogP contribution is 2.36. The van der Waals surface area contributed by atoms with Crippen LogP contribution in [0, 0.1) is 5.41 Å². The minimum atomic E-state index is 0.159. The van der Waals surface area contributed by atoms with Crippen molar-refractivity contribution in [2.45, 2.75) is 85.8 Å². The fourth-order valence-corrected chi connectivity index (χ4v) is 4.25. The highest BCUT2D eigenvalue weighted by atomic mass is 16.5. The molecule has 1 aromatic heterocycles. The Balaban J connectivity index is 1.96. The van der Waals surface area contributed by atoms with Crippen molar-refractivity contribution in [2.75, 3.05) is 11.4 Å². The van der Waals surface area contributed by atoms with Gasteiger partial charge in [0, 0.05) is 24.3 Å². The van der Waals surface area contributed by atoms with Crippen molar-refractivity contribution in [1.82, 2.24) is 9.97 Å². The van der Waals surface area contributed by atoms with Crippen LogP contribution in [0.25, 0.3) is 11.4 Å². The average molecular weight is 396 g/mol. The van der Waals surface area contributed by atoms with E-state index >= 15 is 0 Å². The maximum Gasteiger partial charge on any atom is 0.161 e. The summed E-state index contributed by atoms with van der Waals surface area (Å²) in [4.78, 5) is 12.1. The van der Waals surface area contributed by atoms with Crippen LogP contribution in [-0.4, -0.2) is 28.7 Å². The first kappa shape index (κ1) is 21.6. The zero-order valence-electron chi connectivity index (χ0n) is 19.2. The van der Waals surface area contributed by atoms with E-state index in [1.165, 1.54) is 24.8 Å². The third kappa shape index (κ3) is 5.09. The smallest absolute Gasteiger partial charge is 0.161 e. The lowest BCUT2D eigenvalue weighted by atomic mass is 9.80. The van der Waals surface area contributed by atoms with Gasteiger partial charge in [-0.1, -0.05) is 34.6 Å². The van der Waals surface area contributed by atoms with E-state index in [1.807, 2.05) is 6.20 Å². The molecule has 0 aliphatic carbocycles. The third-order valence-corrected chi connectivity index (χ3v) is 5.69. The molecule has 0 N–H and O–H groups in total. The van der Waals surface area contributed by atoms with Crippen molar-refractivity contribution in [1.29, 1.82) is 0 Å². The van der Waals surface area contributed by atoms with E-state index in [-0.39, 0.29) is 11.5 Å². The van der Waals surface area contributed by atoms with Crippen LogP contribution in [0.3, 0.4) is 0 Å². The van der Waals surface area contributed by atoms with E-state index in [1.54, 1.807) is 0 Å². The summed E-state index contributed by atoms with van der Waals surface area (Å²) in [5, 5.41) is 0. The van der Waals surface area contributed by atoms with Crippen molar-refractivity contribution in [3.05, 3.63) is 36.0 Å². The van der Waals surface area contributed by atoms with Gasteiger partial charge in [-0.3, -0.25) is 0 Å². The molecule has 3 rings (SSSR count). The largest absolute Gasteiger partial charge is 0.491 e. The molecule has 0 amide bonds. The molecule has 1 fully saturated rings. The van der Waals surface area contributed by atoms with Crippen LogP contribution in [0.15, 0.2) is 30.5 Å². The Hall–Kier alpha value is -2.10. The van der Waals surface area contributed by atoms with Gasteiger partial charge >= 0.3 is 0 Å². The number of nitrogens with zero attached hydrogens (tertiary/aromatic N) is 3. The van der Waals surface area contributed by atoms with Gasteiger partial charge in [0.25, 0.3) is 0 Å². The van der Waals surface area contributed by atoms with Gasteiger partial charge in [-0.15, -0.1) is 0 Å². The molecule has 1 saturated heterocycles. The maximum absolute atomic E-state index is 6.02. The molecule has 1 aliphatic rings. The van der Waals surface area contributed by atoms with Crippen LogP contribution in [0.4, 0.5) is 5.82 Å².